The van der Waals surface area contributed by atoms with Crippen molar-refractivity contribution in [3.63, 3.8) is 0 Å². The van der Waals surface area contributed by atoms with E-state index in [1.807, 2.05) is 0 Å². The van der Waals surface area contributed by atoms with Gasteiger partial charge in [0.05, 0.1) is 6.42 Å². The number of pyridine rings is 1. The largest absolute Gasteiger partial charge is 0.481 e. The van der Waals surface area contributed by atoms with Gasteiger partial charge in [0.1, 0.15) is 11.3 Å². The summed E-state index contributed by atoms with van der Waals surface area (Å²) in [5, 5.41) is 8.70. The number of nitrogen functional groups attached to an aromatic ring is 1. The van der Waals surface area contributed by atoms with Gasteiger partial charge < -0.3 is 15.8 Å². The normalized spacial score (nSPS) is 10.9. The molecule has 3 rings (SSSR count). The number of carbonyl (C=O) groups is 1. The fraction of sp³-hybridized carbons (Fsp3) is 0.154. The Morgan fingerprint density at radius 2 is 2.00 bits per heavy atom. The number of aryl methyl sites for hydroxylation is 1. The van der Waals surface area contributed by atoms with E-state index in [0.717, 1.165) is 5.56 Å². The molecule has 4 N–H and O–H groups in total. The van der Waals surface area contributed by atoms with Gasteiger partial charge in [0.2, 0.25) is 0 Å². The summed E-state index contributed by atoms with van der Waals surface area (Å²) in [4.78, 5) is 30.3. The molecule has 0 saturated carbocycles. The lowest BCUT2D eigenvalue weighted by Gasteiger charge is -2.00. The van der Waals surface area contributed by atoms with E-state index in [-0.39, 0.29) is 18.7 Å². The number of carboxylic acids is 1. The van der Waals surface area contributed by atoms with Gasteiger partial charge in [-0.1, -0.05) is 0 Å². The van der Waals surface area contributed by atoms with Crippen LogP contribution in [-0.4, -0.2) is 36.0 Å². The number of nitrogens with zero attached hydrogens (tertiary/aromatic N) is 4. The summed E-state index contributed by atoms with van der Waals surface area (Å²) in [6.45, 7) is 0. The number of hydrogen-bond acceptors (Lipinski definition) is 6. The van der Waals surface area contributed by atoms with Crippen LogP contribution in [0.3, 0.4) is 0 Å². The van der Waals surface area contributed by atoms with Crippen molar-refractivity contribution >= 4 is 23.0 Å². The van der Waals surface area contributed by atoms with Crippen LogP contribution in [0.5, 0.6) is 0 Å². The summed E-state index contributed by atoms with van der Waals surface area (Å²) in [6.07, 6.45) is 3.56. The van der Waals surface area contributed by atoms with Gasteiger partial charge in [-0.25, -0.2) is 15.0 Å². The quantitative estimate of drug-likeness (QED) is 0.651. The lowest BCUT2D eigenvalue weighted by molar-refractivity contribution is -0.137. The van der Waals surface area contributed by atoms with Crippen LogP contribution < -0.4 is 5.73 Å². The fourth-order valence-corrected chi connectivity index (χ4v) is 1.94. The molecule has 8 heteroatoms. The van der Waals surface area contributed by atoms with Crippen molar-refractivity contribution in [1.29, 1.82) is 0 Å². The summed E-state index contributed by atoms with van der Waals surface area (Å²) in [7, 11) is 0. The third kappa shape index (κ3) is 2.64. The summed E-state index contributed by atoms with van der Waals surface area (Å²) in [5.74, 6) is 0.381. The monoisotopic (exact) mass is 284 g/mol. The Labute approximate surface area is 119 Å². The van der Waals surface area contributed by atoms with Gasteiger partial charge in [0.15, 0.2) is 17.3 Å². The molecule has 0 radical (unpaired) electrons. The number of aromatic amines is 1. The zero-order valence-corrected chi connectivity index (χ0v) is 10.9. The smallest absolute Gasteiger partial charge is 0.303 e. The van der Waals surface area contributed by atoms with Crippen LogP contribution in [0.2, 0.25) is 0 Å². The van der Waals surface area contributed by atoms with E-state index >= 15 is 0 Å². The molecule has 0 bridgehead atoms. The lowest BCUT2D eigenvalue weighted by atomic mass is 10.2. The van der Waals surface area contributed by atoms with E-state index < -0.39 is 5.97 Å². The Balaban J connectivity index is 2.01. The molecular formula is C13H12N6O2. The first-order chi connectivity index (χ1) is 10.1. The van der Waals surface area contributed by atoms with Crippen LogP contribution in [0.4, 0.5) is 5.82 Å². The van der Waals surface area contributed by atoms with Crippen molar-refractivity contribution in [2.45, 2.75) is 12.8 Å². The molecule has 106 valence electrons. The molecule has 3 aromatic heterocycles. The third-order valence-corrected chi connectivity index (χ3v) is 2.94. The number of rotatable bonds is 4. The highest BCUT2D eigenvalue weighted by atomic mass is 16.4. The van der Waals surface area contributed by atoms with Crippen LogP contribution in [0.25, 0.3) is 22.6 Å². The SMILES string of the molecule is Nc1nc(-c2ccncc2)nc2nc(CCC(=O)O)[nH]c12. The molecule has 0 amide bonds. The summed E-state index contributed by atoms with van der Waals surface area (Å²) in [6, 6.07) is 3.55. The second kappa shape index (κ2) is 5.16. The van der Waals surface area contributed by atoms with Gasteiger partial charge in [-0.2, -0.15) is 0 Å². The standard InChI is InChI=1S/C13H12N6O2/c14-11-10-13(17-8(16-10)1-2-9(20)21)19-12(18-11)7-3-5-15-6-4-7/h3-6H,1-2H2,(H,20,21)(H3,14,16,17,18,19). The van der Waals surface area contributed by atoms with Crippen molar-refractivity contribution in [3.05, 3.63) is 30.4 Å². The van der Waals surface area contributed by atoms with E-state index in [0.29, 0.717) is 22.8 Å². The number of aliphatic carboxylic acids is 1. The van der Waals surface area contributed by atoms with Crippen molar-refractivity contribution in [1.82, 2.24) is 24.9 Å². The van der Waals surface area contributed by atoms with E-state index in [2.05, 4.69) is 24.9 Å². The highest BCUT2D eigenvalue weighted by Gasteiger charge is 2.12. The summed E-state index contributed by atoms with van der Waals surface area (Å²) in [5.41, 5.74) is 7.64. The van der Waals surface area contributed by atoms with Crippen LogP contribution in [-0.2, 0) is 11.2 Å². The molecular weight excluding hydrogens is 272 g/mol. The fourth-order valence-electron chi connectivity index (χ4n) is 1.94. The van der Waals surface area contributed by atoms with Crippen LogP contribution in [0.1, 0.15) is 12.2 Å². The minimum absolute atomic E-state index is 0.00956. The molecule has 0 atom stereocenters. The molecule has 3 aromatic rings. The number of nitrogens with one attached hydrogen (secondary N) is 1. The topological polar surface area (TPSA) is 131 Å². The van der Waals surface area contributed by atoms with Crippen LogP contribution >= 0.6 is 0 Å². The van der Waals surface area contributed by atoms with Gasteiger partial charge in [-0.05, 0) is 12.1 Å². The number of aromatic nitrogens is 5. The van der Waals surface area contributed by atoms with E-state index in [1.54, 1.807) is 24.5 Å². The molecule has 0 saturated heterocycles. The number of nitrogens with two attached hydrogens (primary N) is 1. The predicted octanol–water partition coefficient (Wildman–Crippen LogP) is 1.01. The first kappa shape index (κ1) is 13.0. The van der Waals surface area contributed by atoms with Gasteiger partial charge >= 0.3 is 5.97 Å². The molecule has 3 heterocycles. The number of anilines is 1. The van der Waals surface area contributed by atoms with Crippen LogP contribution in [0.15, 0.2) is 24.5 Å². The Bertz CT molecular complexity index is 799. The number of H-pyrrole nitrogens is 1. The molecule has 0 aliphatic carbocycles. The molecule has 8 nitrogen and oxygen atoms in total. The molecule has 21 heavy (non-hydrogen) atoms. The summed E-state index contributed by atoms with van der Waals surface area (Å²) >= 11 is 0. The van der Waals surface area contributed by atoms with Crippen molar-refractivity contribution in [2.75, 3.05) is 5.73 Å². The first-order valence-corrected chi connectivity index (χ1v) is 6.28. The van der Waals surface area contributed by atoms with Gasteiger partial charge in [-0.3, -0.25) is 9.78 Å². The number of fused-ring (bicyclic) bond motifs is 1. The number of imidazole rings is 1. The Kier molecular flexibility index (Phi) is 3.19. The van der Waals surface area contributed by atoms with Gasteiger partial charge in [0, 0.05) is 24.4 Å². The molecule has 0 unspecified atom stereocenters. The van der Waals surface area contributed by atoms with Gasteiger partial charge in [0.25, 0.3) is 0 Å². The second-order valence-electron chi connectivity index (χ2n) is 4.44. The maximum absolute atomic E-state index is 10.6. The Hall–Kier alpha value is -3.03. The molecule has 0 aromatic carbocycles. The average Bonchev–Trinajstić information content (AvgIpc) is 2.90. The highest BCUT2D eigenvalue weighted by Crippen LogP contribution is 2.21. The predicted molar refractivity (Wildman–Crippen MR) is 75.3 cm³/mol. The van der Waals surface area contributed by atoms with Crippen molar-refractivity contribution in [2.24, 2.45) is 0 Å². The minimum Gasteiger partial charge on any atom is -0.481 e. The van der Waals surface area contributed by atoms with Crippen molar-refractivity contribution < 1.29 is 9.90 Å². The lowest BCUT2D eigenvalue weighted by Crippen LogP contribution is -1.98. The molecule has 0 aliphatic rings. The highest BCUT2D eigenvalue weighted by molar-refractivity contribution is 5.83. The number of carboxylic acid groups (broad SMARTS) is 1. The minimum atomic E-state index is -0.882. The molecule has 0 aliphatic heterocycles. The summed E-state index contributed by atoms with van der Waals surface area (Å²) < 4.78 is 0. The number of hydrogen-bond donors (Lipinski definition) is 3. The zero-order valence-electron chi connectivity index (χ0n) is 10.9. The van der Waals surface area contributed by atoms with E-state index in [4.69, 9.17) is 10.8 Å². The zero-order chi connectivity index (χ0) is 14.8. The second-order valence-corrected chi connectivity index (χ2v) is 4.44. The molecule has 0 fully saturated rings. The van der Waals surface area contributed by atoms with E-state index in [1.165, 1.54) is 0 Å². The van der Waals surface area contributed by atoms with Gasteiger partial charge in [-0.15, -0.1) is 0 Å². The third-order valence-electron chi connectivity index (χ3n) is 2.94. The maximum Gasteiger partial charge on any atom is 0.303 e. The Morgan fingerprint density at radius 3 is 2.71 bits per heavy atom. The maximum atomic E-state index is 10.6. The first-order valence-electron chi connectivity index (χ1n) is 6.28. The Morgan fingerprint density at radius 1 is 1.24 bits per heavy atom. The van der Waals surface area contributed by atoms with E-state index in [9.17, 15) is 4.79 Å². The molecule has 0 spiro atoms. The van der Waals surface area contributed by atoms with Crippen LogP contribution in [0, 0.1) is 0 Å². The average molecular weight is 284 g/mol. The van der Waals surface area contributed by atoms with Crippen molar-refractivity contribution in [3.8, 4) is 11.4 Å².